The molecule has 1 aromatic rings. The predicted octanol–water partition coefficient (Wildman–Crippen LogP) is 3.94. The molecule has 0 heterocycles. The van der Waals surface area contributed by atoms with Crippen molar-refractivity contribution in [1.82, 2.24) is 4.90 Å². The first kappa shape index (κ1) is 20.8. The second kappa shape index (κ2) is 8.72. The van der Waals surface area contributed by atoms with Gasteiger partial charge in [0.15, 0.2) is 0 Å². The number of hydrogen-bond acceptors (Lipinski definition) is 2. The van der Waals surface area contributed by atoms with Crippen LogP contribution < -0.4 is 5.73 Å². The van der Waals surface area contributed by atoms with Crippen molar-refractivity contribution in [3.63, 3.8) is 0 Å². The molecule has 0 aromatic heterocycles. The smallest absolute Gasteiger partial charge is 0.342 e. The zero-order chi connectivity index (χ0) is 17.0. The Kier molecular flexibility index (Phi) is 7.55. The van der Waals surface area contributed by atoms with Crippen molar-refractivity contribution >= 4 is 18.3 Å². The molecule has 0 radical (unpaired) electrons. The second-order valence-electron chi connectivity index (χ2n) is 6.32. The van der Waals surface area contributed by atoms with Crippen molar-refractivity contribution in [2.75, 3.05) is 13.1 Å². The first-order valence-corrected chi connectivity index (χ1v) is 7.94. The van der Waals surface area contributed by atoms with Crippen LogP contribution in [0.4, 0.5) is 13.2 Å². The molecular weight excluding hydrogens is 341 g/mol. The summed E-state index contributed by atoms with van der Waals surface area (Å²) in [6.07, 6.45) is -3.27. The molecule has 3 nitrogen and oxygen atoms in total. The number of alkyl halides is 3. The lowest BCUT2D eigenvalue weighted by Crippen LogP contribution is -2.42. The standard InChI is InChI=1S/C17H23F3N2O.ClH/c1-12(15(21)14-5-3-2-4-6-14)16(23)22(11-13-7-8-13)10-9-17(18,19)20;/h2-6,12-13,15H,7-11,21H2,1H3;1H. The molecule has 2 rings (SSSR count). The van der Waals surface area contributed by atoms with Crippen molar-refractivity contribution in [3.8, 4) is 0 Å². The van der Waals surface area contributed by atoms with Crippen LogP contribution in [0.3, 0.4) is 0 Å². The molecular formula is C17H24ClF3N2O. The number of halogens is 4. The molecule has 2 atom stereocenters. The molecule has 0 aliphatic heterocycles. The summed E-state index contributed by atoms with van der Waals surface area (Å²) in [5.41, 5.74) is 6.95. The largest absolute Gasteiger partial charge is 0.390 e. The Morgan fingerprint density at radius 1 is 1.29 bits per heavy atom. The van der Waals surface area contributed by atoms with Gasteiger partial charge < -0.3 is 10.6 Å². The Bertz CT molecular complexity index is 520. The fourth-order valence-corrected chi connectivity index (χ4v) is 2.57. The number of hydrogen-bond donors (Lipinski definition) is 1. The van der Waals surface area contributed by atoms with Gasteiger partial charge in [-0.15, -0.1) is 12.4 Å². The van der Waals surface area contributed by atoms with Crippen LogP contribution in [-0.4, -0.2) is 30.1 Å². The molecule has 1 aliphatic rings. The van der Waals surface area contributed by atoms with E-state index < -0.39 is 24.6 Å². The van der Waals surface area contributed by atoms with Crippen LogP contribution in [0.15, 0.2) is 30.3 Å². The summed E-state index contributed by atoms with van der Waals surface area (Å²) in [4.78, 5) is 14.0. The molecule has 0 bridgehead atoms. The molecule has 7 heteroatoms. The van der Waals surface area contributed by atoms with E-state index in [-0.39, 0.29) is 24.9 Å². The lowest BCUT2D eigenvalue weighted by atomic mass is 9.94. The maximum atomic E-state index is 12.6. The third-order valence-corrected chi connectivity index (χ3v) is 4.27. The van der Waals surface area contributed by atoms with Gasteiger partial charge in [-0.3, -0.25) is 4.79 Å². The molecule has 1 amide bonds. The zero-order valence-corrected chi connectivity index (χ0v) is 14.4. The lowest BCUT2D eigenvalue weighted by molar-refractivity contribution is -0.148. The SMILES string of the molecule is CC(C(=O)N(CCC(F)(F)F)CC1CC1)C(N)c1ccccc1.Cl. The highest BCUT2D eigenvalue weighted by Crippen LogP contribution is 2.32. The van der Waals surface area contributed by atoms with E-state index in [1.165, 1.54) is 4.90 Å². The molecule has 2 unspecified atom stereocenters. The average Bonchev–Trinajstić information content (AvgIpc) is 3.33. The van der Waals surface area contributed by atoms with Crippen LogP contribution in [0.2, 0.25) is 0 Å². The van der Waals surface area contributed by atoms with Gasteiger partial charge in [-0.2, -0.15) is 13.2 Å². The van der Waals surface area contributed by atoms with Crippen LogP contribution in [0.5, 0.6) is 0 Å². The van der Waals surface area contributed by atoms with Crippen LogP contribution in [0, 0.1) is 11.8 Å². The van der Waals surface area contributed by atoms with E-state index in [0.717, 1.165) is 18.4 Å². The van der Waals surface area contributed by atoms with Gasteiger partial charge in [0.1, 0.15) is 0 Å². The first-order valence-electron chi connectivity index (χ1n) is 7.94. The molecule has 136 valence electrons. The van der Waals surface area contributed by atoms with Crippen LogP contribution >= 0.6 is 12.4 Å². The van der Waals surface area contributed by atoms with E-state index in [0.29, 0.717) is 12.5 Å². The number of rotatable bonds is 7. The van der Waals surface area contributed by atoms with E-state index in [1.807, 2.05) is 30.3 Å². The predicted molar refractivity (Wildman–Crippen MR) is 89.8 cm³/mol. The van der Waals surface area contributed by atoms with Gasteiger partial charge in [0.05, 0.1) is 12.3 Å². The number of benzene rings is 1. The normalized spacial score (nSPS) is 16.9. The summed E-state index contributed by atoms with van der Waals surface area (Å²) in [7, 11) is 0. The number of carbonyl (C=O) groups excluding carboxylic acids is 1. The van der Waals surface area contributed by atoms with Crippen molar-refractivity contribution in [3.05, 3.63) is 35.9 Å². The molecule has 24 heavy (non-hydrogen) atoms. The van der Waals surface area contributed by atoms with Gasteiger partial charge in [-0.1, -0.05) is 37.3 Å². The Hall–Kier alpha value is -1.27. The van der Waals surface area contributed by atoms with Gasteiger partial charge in [0, 0.05) is 19.1 Å². The fourth-order valence-electron chi connectivity index (χ4n) is 2.57. The molecule has 0 spiro atoms. The molecule has 1 saturated carbocycles. The highest BCUT2D eigenvalue weighted by molar-refractivity contribution is 5.85. The maximum Gasteiger partial charge on any atom is 0.390 e. The summed E-state index contributed by atoms with van der Waals surface area (Å²) in [6.45, 7) is 1.80. The topological polar surface area (TPSA) is 46.3 Å². The van der Waals surface area contributed by atoms with Crippen LogP contribution in [0.1, 0.15) is 37.8 Å². The summed E-state index contributed by atoms with van der Waals surface area (Å²) in [5, 5.41) is 0. The number of carbonyl (C=O) groups is 1. The van der Waals surface area contributed by atoms with E-state index in [1.54, 1.807) is 6.92 Å². The third-order valence-electron chi connectivity index (χ3n) is 4.27. The number of nitrogens with zero attached hydrogens (tertiary/aromatic N) is 1. The second-order valence-corrected chi connectivity index (χ2v) is 6.32. The van der Waals surface area contributed by atoms with Crippen molar-refractivity contribution in [1.29, 1.82) is 0 Å². The maximum absolute atomic E-state index is 12.6. The average molecular weight is 365 g/mol. The Balaban J connectivity index is 0.00000288. The quantitative estimate of drug-likeness (QED) is 0.796. The third kappa shape index (κ3) is 6.32. The Morgan fingerprint density at radius 2 is 1.88 bits per heavy atom. The molecule has 0 saturated heterocycles. The highest BCUT2D eigenvalue weighted by atomic mass is 35.5. The van der Waals surface area contributed by atoms with Gasteiger partial charge in [0.2, 0.25) is 5.91 Å². The van der Waals surface area contributed by atoms with Crippen molar-refractivity contribution in [2.45, 2.75) is 38.4 Å². The number of nitrogens with two attached hydrogens (primary N) is 1. The minimum atomic E-state index is -4.26. The van der Waals surface area contributed by atoms with E-state index in [9.17, 15) is 18.0 Å². The Morgan fingerprint density at radius 3 is 2.38 bits per heavy atom. The Labute approximate surface area is 146 Å². The molecule has 2 N–H and O–H groups in total. The summed E-state index contributed by atoms with van der Waals surface area (Å²) in [6, 6.07) is 8.66. The van der Waals surface area contributed by atoms with Crippen LogP contribution in [0.25, 0.3) is 0 Å². The lowest BCUT2D eigenvalue weighted by Gasteiger charge is -2.29. The molecule has 1 aliphatic carbocycles. The van der Waals surface area contributed by atoms with Gasteiger partial charge >= 0.3 is 6.18 Å². The van der Waals surface area contributed by atoms with Gasteiger partial charge in [-0.25, -0.2) is 0 Å². The van der Waals surface area contributed by atoms with E-state index >= 15 is 0 Å². The van der Waals surface area contributed by atoms with E-state index in [2.05, 4.69) is 0 Å². The summed E-state index contributed by atoms with van der Waals surface area (Å²) in [5.74, 6) is -0.505. The van der Waals surface area contributed by atoms with Crippen molar-refractivity contribution in [2.24, 2.45) is 17.6 Å². The molecule has 1 fully saturated rings. The van der Waals surface area contributed by atoms with Gasteiger partial charge in [0.25, 0.3) is 0 Å². The van der Waals surface area contributed by atoms with Gasteiger partial charge in [-0.05, 0) is 24.3 Å². The summed E-state index contributed by atoms with van der Waals surface area (Å²) < 4.78 is 37.5. The monoisotopic (exact) mass is 364 g/mol. The van der Waals surface area contributed by atoms with Crippen molar-refractivity contribution < 1.29 is 18.0 Å². The minimum absolute atomic E-state index is 0. The fraction of sp³-hybridized carbons (Fsp3) is 0.588. The number of amides is 1. The minimum Gasteiger partial charge on any atom is -0.342 e. The zero-order valence-electron chi connectivity index (χ0n) is 13.6. The summed E-state index contributed by atoms with van der Waals surface area (Å²) >= 11 is 0. The highest BCUT2D eigenvalue weighted by Gasteiger charge is 2.34. The van der Waals surface area contributed by atoms with E-state index in [4.69, 9.17) is 5.73 Å². The first-order chi connectivity index (χ1) is 10.8. The molecule has 1 aromatic carbocycles. The van der Waals surface area contributed by atoms with Crippen LogP contribution in [-0.2, 0) is 4.79 Å².